The van der Waals surface area contributed by atoms with E-state index in [1.165, 1.54) is 6.07 Å². The molecule has 0 fully saturated rings. The SMILES string of the molecule is N#Cc1c(S(=O)(=O)Cl)ccc(CCl)c1OC(F)(F)F. The summed E-state index contributed by atoms with van der Waals surface area (Å²) in [5.41, 5.74) is -1.02. The maximum absolute atomic E-state index is 12.2. The van der Waals surface area contributed by atoms with Crippen molar-refractivity contribution >= 4 is 31.3 Å². The van der Waals surface area contributed by atoms with Gasteiger partial charge in [-0.1, -0.05) is 6.07 Å². The molecular formula is C9H4Cl2F3NO3S. The molecule has 0 aliphatic rings. The number of ether oxygens (including phenoxy) is 1. The van der Waals surface area contributed by atoms with E-state index in [1.54, 1.807) is 0 Å². The van der Waals surface area contributed by atoms with Crippen LogP contribution in [0, 0.1) is 11.3 Å². The monoisotopic (exact) mass is 333 g/mol. The molecule has 0 aliphatic carbocycles. The van der Waals surface area contributed by atoms with Gasteiger partial charge in [0.15, 0.2) is 5.75 Å². The minimum absolute atomic E-state index is 0.181. The van der Waals surface area contributed by atoms with Gasteiger partial charge in [0.2, 0.25) is 0 Å². The molecule has 0 radical (unpaired) electrons. The number of nitriles is 1. The van der Waals surface area contributed by atoms with E-state index in [4.69, 9.17) is 27.5 Å². The summed E-state index contributed by atoms with van der Waals surface area (Å²) in [5.74, 6) is -1.37. The zero-order valence-electron chi connectivity index (χ0n) is 8.83. The maximum atomic E-state index is 12.2. The third kappa shape index (κ3) is 3.89. The van der Waals surface area contributed by atoms with Crippen molar-refractivity contribution in [2.24, 2.45) is 0 Å². The molecule has 0 aromatic heterocycles. The lowest BCUT2D eigenvalue weighted by molar-refractivity contribution is -0.275. The lowest BCUT2D eigenvalue weighted by Crippen LogP contribution is -2.19. The highest BCUT2D eigenvalue weighted by atomic mass is 35.7. The second-order valence-electron chi connectivity index (χ2n) is 3.16. The first-order valence-electron chi connectivity index (χ1n) is 4.42. The molecule has 0 saturated heterocycles. The first-order chi connectivity index (χ1) is 8.60. The molecule has 4 nitrogen and oxygen atoms in total. The van der Waals surface area contributed by atoms with Gasteiger partial charge in [-0.3, -0.25) is 0 Å². The largest absolute Gasteiger partial charge is 0.573 e. The Morgan fingerprint density at radius 2 is 1.95 bits per heavy atom. The van der Waals surface area contributed by atoms with Crippen molar-refractivity contribution in [1.29, 1.82) is 5.26 Å². The highest BCUT2D eigenvalue weighted by Gasteiger charge is 2.35. The lowest BCUT2D eigenvalue weighted by Gasteiger charge is -2.14. The Hall–Kier alpha value is -1.17. The first kappa shape index (κ1) is 15.9. The van der Waals surface area contributed by atoms with Crippen LogP contribution in [0.1, 0.15) is 11.1 Å². The molecule has 0 aliphatic heterocycles. The van der Waals surface area contributed by atoms with Gasteiger partial charge in [0.1, 0.15) is 16.5 Å². The second-order valence-corrected chi connectivity index (χ2v) is 5.96. The van der Waals surface area contributed by atoms with Gasteiger partial charge in [0, 0.05) is 16.2 Å². The Balaban J connectivity index is 3.62. The molecule has 0 amide bonds. The van der Waals surface area contributed by atoms with Gasteiger partial charge in [0.25, 0.3) is 9.05 Å². The normalized spacial score (nSPS) is 12.0. The standard InChI is InChI=1S/C9H4Cl2F3NO3S/c10-3-5-1-2-7(19(11,16)17)6(4-15)8(5)18-9(12,13)14/h1-2H,3H2. The molecule has 0 N–H and O–H groups in total. The second kappa shape index (κ2) is 5.45. The molecule has 1 aromatic carbocycles. The van der Waals surface area contributed by atoms with Crippen molar-refractivity contribution in [3.8, 4) is 11.8 Å². The number of halogens is 5. The van der Waals surface area contributed by atoms with Crippen LogP contribution in [0.25, 0.3) is 0 Å². The highest BCUT2D eigenvalue weighted by Crippen LogP contribution is 2.35. The third-order valence-electron chi connectivity index (χ3n) is 1.94. The van der Waals surface area contributed by atoms with Gasteiger partial charge in [-0.15, -0.1) is 24.8 Å². The van der Waals surface area contributed by atoms with Gasteiger partial charge in [-0.2, -0.15) is 5.26 Å². The Kier molecular flexibility index (Phi) is 4.55. The maximum Gasteiger partial charge on any atom is 0.573 e. The summed E-state index contributed by atoms with van der Waals surface area (Å²) in [7, 11) is 0.643. The molecule has 19 heavy (non-hydrogen) atoms. The third-order valence-corrected chi connectivity index (χ3v) is 3.59. The predicted octanol–water partition coefficient (Wildman–Crippen LogP) is 3.12. The number of nitrogens with zero attached hydrogens (tertiary/aromatic N) is 1. The van der Waals surface area contributed by atoms with Gasteiger partial charge >= 0.3 is 6.36 Å². The van der Waals surface area contributed by atoms with E-state index in [2.05, 4.69) is 4.74 Å². The number of hydrogen-bond acceptors (Lipinski definition) is 4. The molecule has 0 saturated carbocycles. The summed E-state index contributed by atoms with van der Waals surface area (Å²) in [6.07, 6.45) is -5.10. The van der Waals surface area contributed by atoms with Crippen LogP contribution < -0.4 is 4.74 Å². The van der Waals surface area contributed by atoms with E-state index in [1.807, 2.05) is 0 Å². The Morgan fingerprint density at radius 3 is 2.32 bits per heavy atom. The van der Waals surface area contributed by atoms with Crippen molar-refractivity contribution in [2.75, 3.05) is 0 Å². The average molecular weight is 334 g/mol. The number of benzene rings is 1. The van der Waals surface area contributed by atoms with Crippen LogP contribution in [0.5, 0.6) is 5.75 Å². The summed E-state index contributed by atoms with van der Waals surface area (Å²) in [6, 6.07) is 3.20. The molecule has 0 atom stereocenters. The first-order valence-corrected chi connectivity index (χ1v) is 7.27. The summed E-state index contributed by atoms with van der Waals surface area (Å²) < 4.78 is 62.7. The number of alkyl halides is 4. The van der Waals surface area contributed by atoms with E-state index in [9.17, 15) is 21.6 Å². The van der Waals surface area contributed by atoms with Crippen LogP contribution in [-0.2, 0) is 14.9 Å². The average Bonchev–Trinajstić information content (AvgIpc) is 2.25. The van der Waals surface area contributed by atoms with Crippen LogP contribution in [0.3, 0.4) is 0 Å². The van der Waals surface area contributed by atoms with Gasteiger partial charge < -0.3 is 4.74 Å². The molecule has 10 heteroatoms. The fourth-order valence-electron chi connectivity index (χ4n) is 1.25. The summed E-state index contributed by atoms with van der Waals surface area (Å²) in [5, 5.41) is 8.82. The molecule has 0 heterocycles. The van der Waals surface area contributed by atoms with Crippen LogP contribution in [0.2, 0.25) is 0 Å². The number of rotatable bonds is 3. The van der Waals surface area contributed by atoms with E-state index in [0.717, 1.165) is 12.1 Å². The van der Waals surface area contributed by atoms with Crippen molar-refractivity contribution in [2.45, 2.75) is 17.1 Å². The molecule has 0 bridgehead atoms. The Bertz CT molecular complexity index is 637. The minimum atomic E-state index is -5.10. The fourth-order valence-corrected chi connectivity index (χ4v) is 2.46. The quantitative estimate of drug-likeness (QED) is 0.629. The molecule has 1 rings (SSSR count). The van der Waals surface area contributed by atoms with Gasteiger partial charge in [0.05, 0.1) is 5.88 Å². The van der Waals surface area contributed by atoms with E-state index < -0.39 is 37.5 Å². The number of hydrogen-bond donors (Lipinski definition) is 0. The predicted molar refractivity (Wildman–Crippen MR) is 60.4 cm³/mol. The molecule has 1 aromatic rings. The fraction of sp³-hybridized carbons (Fsp3) is 0.222. The lowest BCUT2D eigenvalue weighted by atomic mass is 10.1. The van der Waals surface area contributed by atoms with Crippen LogP contribution >= 0.6 is 22.3 Å². The highest BCUT2D eigenvalue weighted by molar-refractivity contribution is 8.13. The summed E-state index contributed by atoms with van der Waals surface area (Å²) >= 11 is 5.42. The Labute approximate surface area is 115 Å². The smallest absolute Gasteiger partial charge is 0.404 e. The Morgan fingerprint density at radius 1 is 1.37 bits per heavy atom. The van der Waals surface area contributed by atoms with Crippen LogP contribution in [-0.4, -0.2) is 14.8 Å². The molecule has 104 valence electrons. The zero-order valence-corrected chi connectivity index (χ0v) is 11.2. The summed E-state index contributed by atoms with van der Waals surface area (Å²) in [6.45, 7) is 0. The van der Waals surface area contributed by atoms with E-state index in [-0.39, 0.29) is 5.56 Å². The minimum Gasteiger partial charge on any atom is -0.404 e. The van der Waals surface area contributed by atoms with Crippen molar-refractivity contribution in [3.63, 3.8) is 0 Å². The molecule has 0 spiro atoms. The molecule has 0 unspecified atom stereocenters. The van der Waals surface area contributed by atoms with E-state index >= 15 is 0 Å². The zero-order chi connectivity index (χ0) is 14.8. The van der Waals surface area contributed by atoms with Gasteiger partial charge in [-0.25, -0.2) is 8.42 Å². The van der Waals surface area contributed by atoms with Crippen molar-refractivity contribution in [3.05, 3.63) is 23.3 Å². The van der Waals surface area contributed by atoms with Gasteiger partial charge in [-0.05, 0) is 6.07 Å². The van der Waals surface area contributed by atoms with Crippen LogP contribution in [0.4, 0.5) is 13.2 Å². The van der Waals surface area contributed by atoms with Crippen molar-refractivity contribution in [1.82, 2.24) is 0 Å². The van der Waals surface area contributed by atoms with Crippen LogP contribution in [0.15, 0.2) is 17.0 Å². The van der Waals surface area contributed by atoms with E-state index in [0.29, 0.717) is 0 Å². The van der Waals surface area contributed by atoms with Crippen molar-refractivity contribution < 1.29 is 26.3 Å². The summed E-state index contributed by atoms with van der Waals surface area (Å²) in [4.78, 5) is -0.773. The topological polar surface area (TPSA) is 67.2 Å². The molecular weight excluding hydrogens is 330 g/mol.